The lowest BCUT2D eigenvalue weighted by Crippen LogP contribution is -2.50. The van der Waals surface area contributed by atoms with E-state index in [1.165, 1.54) is 0 Å². The standard InChI is InChI=1S/C17H25BrN2O2/c1-12(2)10-19-17(21)13(3)20-8-9-22-16(11-20)14-4-6-15(18)7-5-14/h4-7,12-13,16H,8-11H2,1-3H3,(H,19,21). The van der Waals surface area contributed by atoms with Crippen molar-refractivity contribution in [2.24, 2.45) is 5.92 Å². The van der Waals surface area contributed by atoms with Crippen molar-refractivity contribution in [2.75, 3.05) is 26.2 Å². The first-order chi connectivity index (χ1) is 10.5. The Bertz CT molecular complexity index is 490. The largest absolute Gasteiger partial charge is 0.371 e. The van der Waals surface area contributed by atoms with Crippen LogP contribution in [0.5, 0.6) is 0 Å². The maximum Gasteiger partial charge on any atom is 0.237 e. The number of amides is 1. The van der Waals surface area contributed by atoms with Crippen LogP contribution in [-0.2, 0) is 9.53 Å². The van der Waals surface area contributed by atoms with E-state index in [9.17, 15) is 4.79 Å². The maximum absolute atomic E-state index is 12.2. The van der Waals surface area contributed by atoms with Gasteiger partial charge in [-0.05, 0) is 30.5 Å². The van der Waals surface area contributed by atoms with Gasteiger partial charge in [-0.1, -0.05) is 41.9 Å². The minimum absolute atomic E-state index is 0.0298. The Morgan fingerprint density at radius 2 is 2.05 bits per heavy atom. The fraction of sp³-hybridized carbons (Fsp3) is 0.588. The number of hydrogen-bond donors (Lipinski definition) is 1. The summed E-state index contributed by atoms with van der Waals surface area (Å²) in [7, 11) is 0. The topological polar surface area (TPSA) is 41.6 Å². The van der Waals surface area contributed by atoms with Crippen molar-refractivity contribution in [1.82, 2.24) is 10.2 Å². The second kappa shape index (κ2) is 8.09. The molecule has 0 aromatic heterocycles. The third-order valence-electron chi connectivity index (χ3n) is 3.95. The Kier molecular flexibility index (Phi) is 6.41. The smallest absolute Gasteiger partial charge is 0.237 e. The monoisotopic (exact) mass is 368 g/mol. The summed E-state index contributed by atoms with van der Waals surface area (Å²) in [5, 5.41) is 3.01. The first-order valence-corrected chi connectivity index (χ1v) is 8.65. The van der Waals surface area contributed by atoms with Gasteiger partial charge < -0.3 is 10.1 Å². The van der Waals surface area contributed by atoms with Gasteiger partial charge in [-0.25, -0.2) is 0 Å². The van der Waals surface area contributed by atoms with Crippen molar-refractivity contribution >= 4 is 21.8 Å². The lowest BCUT2D eigenvalue weighted by atomic mass is 10.1. The summed E-state index contributed by atoms with van der Waals surface area (Å²) in [5.41, 5.74) is 1.16. The van der Waals surface area contributed by atoms with Gasteiger partial charge in [0.15, 0.2) is 0 Å². The van der Waals surface area contributed by atoms with Crippen LogP contribution in [0.25, 0.3) is 0 Å². The fourth-order valence-electron chi connectivity index (χ4n) is 2.52. The van der Waals surface area contributed by atoms with Gasteiger partial charge in [-0.15, -0.1) is 0 Å². The highest BCUT2D eigenvalue weighted by atomic mass is 79.9. The molecule has 1 aliphatic rings. The normalized spacial score (nSPS) is 20.9. The van der Waals surface area contributed by atoms with Crippen molar-refractivity contribution < 1.29 is 9.53 Å². The summed E-state index contributed by atoms with van der Waals surface area (Å²) in [6.07, 6.45) is 0.0298. The van der Waals surface area contributed by atoms with Crippen molar-refractivity contribution in [3.05, 3.63) is 34.3 Å². The molecule has 0 aliphatic carbocycles. The Hall–Kier alpha value is -0.910. The van der Waals surface area contributed by atoms with E-state index in [2.05, 4.69) is 52.1 Å². The van der Waals surface area contributed by atoms with Gasteiger partial charge in [0.05, 0.1) is 18.8 Å². The van der Waals surface area contributed by atoms with Crippen LogP contribution in [0.3, 0.4) is 0 Å². The molecule has 1 fully saturated rings. The highest BCUT2D eigenvalue weighted by Crippen LogP contribution is 2.24. The third kappa shape index (κ3) is 4.80. The summed E-state index contributed by atoms with van der Waals surface area (Å²) < 4.78 is 6.93. The molecule has 0 spiro atoms. The minimum atomic E-state index is -0.124. The molecule has 1 N–H and O–H groups in total. The van der Waals surface area contributed by atoms with Crippen LogP contribution in [0.1, 0.15) is 32.4 Å². The van der Waals surface area contributed by atoms with Crippen molar-refractivity contribution in [3.8, 4) is 0 Å². The van der Waals surface area contributed by atoms with Crippen LogP contribution >= 0.6 is 15.9 Å². The van der Waals surface area contributed by atoms with E-state index >= 15 is 0 Å². The molecule has 0 radical (unpaired) electrons. The summed E-state index contributed by atoms with van der Waals surface area (Å²) >= 11 is 3.45. The zero-order valence-corrected chi connectivity index (χ0v) is 15.1. The summed E-state index contributed by atoms with van der Waals surface area (Å²) in [4.78, 5) is 14.4. The molecule has 1 saturated heterocycles. The predicted molar refractivity (Wildman–Crippen MR) is 91.7 cm³/mol. The molecule has 2 rings (SSSR count). The van der Waals surface area contributed by atoms with Crippen LogP contribution in [0, 0.1) is 5.92 Å². The van der Waals surface area contributed by atoms with E-state index in [4.69, 9.17) is 4.74 Å². The fourth-order valence-corrected chi connectivity index (χ4v) is 2.78. The maximum atomic E-state index is 12.2. The van der Waals surface area contributed by atoms with Crippen molar-refractivity contribution in [3.63, 3.8) is 0 Å². The molecule has 0 saturated carbocycles. The SMILES string of the molecule is CC(C)CNC(=O)C(C)N1CCOC(c2ccc(Br)cc2)C1. The predicted octanol–water partition coefficient (Wildman–Crippen LogP) is 2.98. The van der Waals surface area contributed by atoms with E-state index in [1.54, 1.807) is 0 Å². The zero-order valence-electron chi connectivity index (χ0n) is 13.5. The van der Waals surface area contributed by atoms with Gasteiger partial charge in [0, 0.05) is 24.1 Å². The summed E-state index contributed by atoms with van der Waals surface area (Å²) in [6, 6.07) is 8.07. The van der Waals surface area contributed by atoms with Gasteiger partial charge >= 0.3 is 0 Å². The Morgan fingerprint density at radius 3 is 2.68 bits per heavy atom. The van der Waals surface area contributed by atoms with E-state index in [0.717, 1.165) is 29.7 Å². The number of carbonyl (C=O) groups is 1. The minimum Gasteiger partial charge on any atom is -0.371 e. The molecular weight excluding hydrogens is 344 g/mol. The summed E-state index contributed by atoms with van der Waals surface area (Å²) in [6.45, 7) is 9.10. The van der Waals surface area contributed by atoms with Crippen molar-refractivity contribution in [1.29, 1.82) is 0 Å². The average Bonchev–Trinajstić information content (AvgIpc) is 2.52. The number of rotatable bonds is 5. The molecule has 0 bridgehead atoms. The first-order valence-electron chi connectivity index (χ1n) is 7.86. The van der Waals surface area contributed by atoms with Gasteiger partial charge in [-0.3, -0.25) is 9.69 Å². The van der Waals surface area contributed by atoms with E-state index in [1.807, 2.05) is 19.1 Å². The van der Waals surface area contributed by atoms with E-state index in [-0.39, 0.29) is 18.1 Å². The number of hydrogen-bond acceptors (Lipinski definition) is 3. The van der Waals surface area contributed by atoms with Crippen molar-refractivity contribution in [2.45, 2.75) is 32.9 Å². The molecule has 2 atom stereocenters. The van der Waals surface area contributed by atoms with Crippen LogP contribution in [0.2, 0.25) is 0 Å². The molecule has 1 aromatic carbocycles. The number of ether oxygens (including phenoxy) is 1. The van der Waals surface area contributed by atoms with Crippen LogP contribution in [-0.4, -0.2) is 43.1 Å². The van der Waals surface area contributed by atoms with Gasteiger partial charge in [0.1, 0.15) is 0 Å². The van der Waals surface area contributed by atoms with E-state index in [0.29, 0.717) is 12.5 Å². The molecule has 1 aromatic rings. The number of carbonyl (C=O) groups excluding carboxylic acids is 1. The van der Waals surface area contributed by atoms with Crippen LogP contribution in [0.15, 0.2) is 28.7 Å². The summed E-state index contributed by atoms with van der Waals surface area (Å²) in [5.74, 6) is 0.571. The van der Waals surface area contributed by atoms with Gasteiger partial charge in [0.25, 0.3) is 0 Å². The van der Waals surface area contributed by atoms with Gasteiger partial charge in [-0.2, -0.15) is 0 Å². The molecule has 1 aliphatic heterocycles. The first kappa shape index (κ1) is 17.4. The van der Waals surface area contributed by atoms with E-state index < -0.39 is 0 Å². The Labute approximate surface area is 141 Å². The zero-order chi connectivity index (χ0) is 16.1. The molecule has 22 heavy (non-hydrogen) atoms. The quantitative estimate of drug-likeness (QED) is 0.868. The second-order valence-corrected chi connectivity index (χ2v) is 7.14. The Balaban J connectivity index is 1.94. The highest BCUT2D eigenvalue weighted by molar-refractivity contribution is 9.10. The Morgan fingerprint density at radius 1 is 1.36 bits per heavy atom. The van der Waals surface area contributed by atoms with Gasteiger partial charge in [0.2, 0.25) is 5.91 Å². The average molecular weight is 369 g/mol. The number of nitrogens with zero attached hydrogens (tertiary/aromatic N) is 1. The number of halogens is 1. The third-order valence-corrected chi connectivity index (χ3v) is 4.48. The van der Waals surface area contributed by atoms with Crippen LogP contribution < -0.4 is 5.32 Å². The molecule has 122 valence electrons. The molecular formula is C17H25BrN2O2. The second-order valence-electron chi connectivity index (χ2n) is 6.22. The highest BCUT2D eigenvalue weighted by Gasteiger charge is 2.28. The molecule has 1 amide bonds. The molecule has 1 heterocycles. The lowest BCUT2D eigenvalue weighted by Gasteiger charge is -2.36. The molecule has 2 unspecified atom stereocenters. The lowest BCUT2D eigenvalue weighted by molar-refractivity contribution is -0.129. The molecule has 5 heteroatoms. The number of benzene rings is 1. The van der Waals surface area contributed by atoms with Crippen LogP contribution in [0.4, 0.5) is 0 Å². The number of nitrogens with one attached hydrogen (secondary N) is 1. The molecule has 4 nitrogen and oxygen atoms in total. The number of morpholine rings is 1.